The van der Waals surface area contributed by atoms with Crippen LogP contribution in [0.15, 0.2) is 42.7 Å². The van der Waals surface area contributed by atoms with Crippen molar-refractivity contribution in [3.8, 4) is 5.75 Å². The van der Waals surface area contributed by atoms with Crippen LogP contribution in [0.1, 0.15) is 0 Å². The zero-order chi connectivity index (χ0) is 14.1. The number of phenols is 1. The molecule has 1 heterocycles. The summed E-state index contributed by atoms with van der Waals surface area (Å²) in [6.45, 7) is 0. The maximum absolute atomic E-state index is 13.3. The second-order valence-corrected chi connectivity index (χ2v) is 4.61. The SMILES string of the molecule is Oc1ccc(Cl)cc1Nc1ncnc2ccc(F)cc12. The average molecular weight is 290 g/mol. The minimum absolute atomic E-state index is 0.0255. The zero-order valence-corrected chi connectivity index (χ0v) is 10.9. The molecule has 0 aliphatic rings. The minimum Gasteiger partial charge on any atom is -0.506 e. The van der Waals surface area contributed by atoms with Crippen LogP contribution in [0.2, 0.25) is 5.02 Å². The first-order valence-electron chi connectivity index (χ1n) is 5.79. The van der Waals surface area contributed by atoms with E-state index in [4.69, 9.17) is 11.6 Å². The fourth-order valence-electron chi connectivity index (χ4n) is 1.86. The smallest absolute Gasteiger partial charge is 0.141 e. The van der Waals surface area contributed by atoms with Gasteiger partial charge in [-0.25, -0.2) is 14.4 Å². The maximum atomic E-state index is 13.3. The summed E-state index contributed by atoms with van der Waals surface area (Å²) in [5, 5.41) is 13.7. The molecule has 0 unspecified atom stereocenters. The molecule has 0 atom stereocenters. The Balaban J connectivity index is 2.10. The zero-order valence-electron chi connectivity index (χ0n) is 10.1. The highest BCUT2D eigenvalue weighted by Crippen LogP contribution is 2.31. The topological polar surface area (TPSA) is 58.0 Å². The van der Waals surface area contributed by atoms with E-state index in [1.165, 1.54) is 24.5 Å². The van der Waals surface area contributed by atoms with E-state index >= 15 is 0 Å². The van der Waals surface area contributed by atoms with Crippen molar-refractivity contribution < 1.29 is 9.50 Å². The van der Waals surface area contributed by atoms with Crippen molar-refractivity contribution in [2.75, 3.05) is 5.32 Å². The summed E-state index contributed by atoms with van der Waals surface area (Å²) >= 11 is 5.88. The van der Waals surface area contributed by atoms with Crippen LogP contribution in [0, 0.1) is 5.82 Å². The number of aromatic nitrogens is 2. The van der Waals surface area contributed by atoms with E-state index in [-0.39, 0.29) is 11.6 Å². The highest BCUT2D eigenvalue weighted by atomic mass is 35.5. The summed E-state index contributed by atoms with van der Waals surface area (Å²) < 4.78 is 13.3. The molecule has 0 fully saturated rings. The molecule has 0 saturated heterocycles. The van der Waals surface area contributed by atoms with Gasteiger partial charge in [-0.1, -0.05) is 11.6 Å². The van der Waals surface area contributed by atoms with E-state index < -0.39 is 0 Å². The molecule has 0 amide bonds. The third kappa shape index (κ3) is 2.35. The molecule has 4 nitrogen and oxygen atoms in total. The van der Waals surface area contributed by atoms with E-state index in [0.717, 1.165) is 0 Å². The molecule has 0 bridgehead atoms. The van der Waals surface area contributed by atoms with Crippen LogP contribution in [0.25, 0.3) is 10.9 Å². The van der Waals surface area contributed by atoms with E-state index in [1.54, 1.807) is 18.2 Å². The summed E-state index contributed by atoms with van der Waals surface area (Å²) in [4.78, 5) is 8.13. The first-order chi connectivity index (χ1) is 9.63. The lowest BCUT2D eigenvalue weighted by Crippen LogP contribution is -1.96. The number of rotatable bonds is 2. The third-order valence-electron chi connectivity index (χ3n) is 2.81. The number of nitrogens with zero attached hydrogens (tertiary/aromatic N) is 2. The van der Waals surface area contributed by atoms with Crippen molar-refractivity contribution in [1.29, 1.82) is 0 Å². The van der Waals surface area contributed by atoms with Crippen molar-refractivity contribution in [3.05, 3.63) is 53.6 Å². The van der Waals surface area contributed by atoms with Crippen molar-refractivity contribution in [2.24, 2.45) is 0 Å². The quantitative estimate of drug-likeness (QED) is 0.703. The van der Waals surface area contributed by atoms with Gasteiger partial charge in [-0.3, -0.25) is 0 Å². The molecule has 1 aromatic heterocycles. The van der Waals surface area contributed by atoms with Gasteiger partial charge in [0.1, 0.15) is 23.7 Å². The average Bonchev–Trinajstić information content (AvgIpc) is 2.43. The standard InChI is InChI=1S/C14H9ClFN3O/c15-8-1-4-13(20)12(5-8)19-14-10-6-9(16)2-3-11(10)17-7-18-14/h1-7,20H,(H,17,18,19). The van der Waals surface area contributed by atoms with Gasteiger partial charge in [0, 0.05) is 10.4 Å². The Morgan fingerprint density at radius 2 is 1.95 bits per heavy atom. The van der Waals surface area contributed by atoms with Gasteiger partial charge in [0.25, 0.3) is 0 Å². The fourth-order valence-corrected chi connectivity index (χ4v) is 2.04. The summed E-state index contributed by atoms with van der Waals surface area (Å²) in [7, 11) is 0. The number of anilines is 2. The lowest BCUT2D eigenvalue weighted by molar-refractivity contribution is 0.478. The number of hydrogen-bond donors (Lipinski definition) is 2. The van der Waals surface area contributed by atoms with Crippen LogP contribution in [0.4, 0.5) is 15.9 Å². The van der Waals surface area contributed by atoms with Gasteiger partial charge in [0.05, 0.1) is 11.2 Å². The molecule has 2 aromatic carbocycles. The summed E-state index contributed by atoms with van der Waals surface area (Å²) in [5.74, 6) is 0.0373. The molecule has 0 aliphatic carbocycles. The van der Waals surface area contributed by atoms with E-state index in [1.807, 2.05) is 0 Å². The van der Waals surface area contributed by atoms with Gasteiger partial charge in [0.2, 0.25) is 0 Å². The number of fused-ring (bicyclic) bond motifs is 1. The van der Waals surface area contributed by atoms with Crippen molar-refractivity contribution in [2.45, 2.75) is 0 Å². The number of phenolic OH excluding ortho intramolecular Hbond substituents is 1. The van der Waals surface area contributed by atoms with E-state index in [9.17, 15) is 9.50 Å². The molecule has 3 aromatic rings. The number of hydrogen-bond acceptors (Lipinski definition) is 4. The summed E-state index contributed by atoms with van der Waals surface area (Å²) in [6.07, 6.45) is 1.37. The van der Waals surface area contributed by atoms with Gasteiger partial charge in [0.15, 0.2) is 0 Å². The number of aromatic hydroxyl groups is 1. The number of nitrogens with one attached hydrogen (secondary N) is 1. The highest BCUT2D eigenvalue weighted by Gasteiger charge is 2.08. The van der Waals surface area contributed by atoms with Gasteiger partial charge in [-0.15, -0.1) is 0 Å². The lowest BCUT2D eigenvalue weighted by Gasteiger charge is -2.10. The Morgan fingerprint density at radius 3 is 2.80 bits per heavy atom. The van der Waals surface area contributed by atoms with E-state index in [0.29, 0.717) is 27.4 Å². The predicted molar refractivity (Wildman–Crippen MR) is 75.9 cm³/mol. The summed E-state index contributed by atoms with van der Waals surface area (Å²) in [5.41, 5.74) is 0.993. The van der Waals surface area contributed by atoms with Crippen LogP contribution in [-0.4, -0.2) is 15.1 Å². The molecule has 0 aliphatic heterocycles. The second-order valence-electron chi connectivity index (χ2n) is 4.17. The minimum atomic E-state index is -0.384. The molecule has 0 radical (unpaired) electrons. The molecule has 20 heavy (non-hydrogen) atoms. The first kappa shape index (κ1) is 12.6. The Bertz CT molecular complexity index is 794. The van der Waals surface area contributed by atoms with Crippen LogP contribution in [0.5, 0.6) is 5.75 Å². The largest absolute Gasteiger partial charge is 0.506 e. The number of benzene rings is 2. The monoisotopic (exact) mass is 289 g/mol. The van der Waals surface area contributed by atoms with Gasteiger partial charge in [-0.05, 0) is 36.4 Å². The molecular formula is C14H9ClFN3O. The van der Waals surface area contributed by atoms with Crippen LogP contribution in [0.3, 0.4) is 0 Å². The van der Waals surface area contributed by atoms with Crippen molar-refractivity contribution in [3.63, 3.8) is 0 Å². The third-order valence-corrected chi connectivity index (χ3v) is 3.04. The van der Waals surface area contributed by atoms with E-state index in [2.05, 4.69) is 15.3 Å². The molecule has 3 rings (SSSR count). The number of halogens is 2. The van der Waals surface area contributed by atoms with Crippen molar-refractivity contribution in [1.82, 2.24) is 9.97 Å². The summed E-state index contributed by atoms with van der Waals surface area (Å²) in [6, 6.07) is 8.82. The highest BCUT2D eigenvalue weighted by molar-refractivity contribution is 6.31. The molecular weight excluding hydrogens is 281 g/mol. The Kier molecular flexibility index (Phi) is 3.12. The molecule has 2 N–H and O–H groups in total. The van der Waals surface area contributed by atoms with Crippen LogP contribution >= 0.6 is 11.6 Å². The lowest BCUT2D eigenvalue weighted by atomic mass is 10.2. The van der Waals surface area contributed by atoms with Crippen molar-refractivity contribution >= 4 is 34.0 Å². The molecule has 6 heteroatoms. The van der Waals surface area contributed by atoms with Gasteiger partial charge < -0.3 is 10.4 Å². The second kappa shape index (κ2) is 4.94. The normalized spacial score (nSPS) is 10.7. The fraction of sp³-hybridized carbons (Fsp3) is 0. The molecule has 0 spiro atoms. The Morgan fingerprint density at radius 1 is 1.10 bits per heavy atom. The van der Waals surface area contributed by atoms with Crippen LogP contribution in [-0.2, 0) is 0 Å². The van der Waals surface area contributed by atoms with Gasteiger partial charge in [-0.2, -0.15) is 0 Å². The Labute approximate surface area is 118 Å². The Hall–Kier alpha value is -2.40. The predicted octanol–water partition coefficient (Wildman–Crippen LogP) is 3.87. The maximum Gasteiger partial charge on any atom is 0.141 e. The molecule has 0 saturated carbocycles. The van der Waals surface area contributed by atoms with Gasteiger partial charge >= 0.3 is 0 Å². The molecule has 100 valence electrons. The first-order valence-corrected chi connectivity index (χ1v) is 6.17. The van der Waals surface area contributed by atoms with Crippen LogP contribution < -0.4 is 5.32 Å².